The lowest BCUT2D eigenvalue weighted by Gasteiger charge is -2.26. The summed E-state index contributed by atoms with van der Waals surface area (Å²) in [5, 5.41) is 15.7. The van der Waals surface area contributed by atoms with Crippen molar-refractivity contribution in [1.29, 1.82) is 0 Å². The fourth-order valence-electron chi connectivity index (χ4n) is 4.33. The van der Waals surface area contributed by atoms with Crippen LogP contribution in [0.5, 0.6) is 0 Å². The summed E-state index contributed by atoms with van der Waals surface area (Å²) < 4.78 is 1.67. The third-order valence-electron chi connectivity index (χ3n) is 6.21. The van der Waals surface area contributed by atoms with Gasteiger partial charge in [-0.2, -0.15) is 5.10 Å². The molecule has 1 N–H and O–H groups in total. The second kappa shape index (κ2) is 9.28. The lowest BCUT2D eigenvalue weighted by molar-refractivity contribution is -0.139. The number of benzene rings is 1. The molecule has 1 aromatic heterocycles. The Labute approximate surface area is 190 Å². The van der Waals surface area contributed by atoms with Crippen molar-refractivity contribution < 1.29 is 14.7 Å². The number of hydrogen-bond donors (Lipinski definition) is 1. The topological polar surface area (TPSA) is 78.7 Å². The van der Waals surface area contributed by atoms with Gasteiger partial charge in [-0.05, 0) is 58.0 Å². The van der Waals surface area contributed by atoms with Crippen molar-refractivity contribution in [2.75, 3.05) is 27.2 Å². The normalized spacial score (nSPS) is 18.4. The third-order valence-corrected chi connectivity index (χ3v) is 6.21. The smallest absolute Gasteiger partial charge is 0.295 e. The van der Waals surface area contributed by atoms with Crippen LogP contribution in [0.4, 0.5) is 0 Å². The van der Waals surface area contributed by atoms with E-state index < -0.39 is 17.7 Å². The van der Waals surface area contributed by atoms with Crippen molar-refractivity contribution in [2.24, 2.45) is 7.05 Å². The number of aliphatic hydroxyl groups is 1. The molecule has 32 heavy (non-hydrogen) atoms. The monoisotopic (exact) mass is 438 g/mol. The summed E-state index contributed by atoms with van der Waals surface area (Å²) in [6.07, 6.45) is 0.728. The fourth-order valence-corrected chi connectivity index (χ4v) is 4.33. The molecule has 1 atom stereocenters. The Morgan fingerprint density at radius 2 is 1.78 bits per heavy atom. The van der Waals surface area contributed by atoms with Crippen LogP contribution in [0.15, 0.2) is 29.8 Å². The van der Waals surface area contributed by atoms with Gasteiger partial charge in [-0.1, -0.05) is 38.1 Å². The quantitative estimate of drug-likeness (QED) is 0.406. The molecule has 0 radical (unpaired) electrons. The van der Waals surface area contributed by atoms with Gasteiger partial charge in [-0.15, -0.1) is 0 Å². The van der Waals surface area contributed by atoms with Gasteiger partial charge in [0.2, 0.25) is 0 Å². The molecule has 1 aliphatic rings. The number of hydrogen-bond acceptors (Lipinski definition) is 5. The second-order valence-electron chi connectivity index (χ2n) is 9.14. The number of carbonyl (C=O) groups excluding carboxylic acids is 2. The van der Waals surface area contributed by atoms with Crippen molar-refractivity contribution in [3.63, 3.8) is 0 Å². The molecule has 7 heteroatoms. The molecule has 0 aliphatic carbocycles. The standard InChI is InChI=1S/C25H34N4O3/c1-15(2)18-9-11-19(12-10-18)22-21(23(30)20-16(3)26-28(7)17(20)4)24(31)25(32)29(22)14-8-13-27(5)6/h9-12,15,22,30H,8,13-14H2,1-7H3/t22-/m1/s1. The number of ketones is 1. The number of Topliss-reactive ketones (excluding diaryl/α,β-unsaturated/α-hetero) is 1. The van der Waals surface area contributed by atoms with Crippen LogP contribution in [0, 0.1) is 13.8 Å². The molecule has 1 fully saturated rings. The highest BCUT2D eigenvalue weighted by Crippen LogP contribution is 2.40. The van der Waals surface area contributed by atoms with Crippen LogP contribution in [0.1, 0.15) is 60.3 Å². The van der Waals surface area contributed by atoms with Gasteiger partial charge in [0.05, 0.1) is 22.9 Å². The molecule has 0 saturated carbocycles. The molecule has 7 nitrogen and oxygen atoms in total. The minimum Gasteiger partial charge on any atom is -0.507 e. The minimum atomic E-state index is -0.645. The van der Waals surface area contributed by atoms with E-state index in [-0.39, 0.29) is 11.3 Å². The van der Waals surface area contributed by atoms with E-state index in [1.165, 1.54) is 5.56 Å². The van der Waals surface area contributed by atoms with Crippen molar-refractivity contribution in [2.45, 2.75) is 46.1 Å². The van der Waals surface area contributed by atoms with E-state index in [1.807, 2.05) is 50.2 Å². The van der Waals surface area contributed by atoms with Crippen molar-refractivity contribution in [1.82, 2.24) is 19.6 Å². The Morgan fingerprint density at radius 3 is 2.28 bits per heavy atom. The number of nitrogens with zero attached hydrogens (tertiary/aromatic N) is 4. The Kier molecular flexibility index (Phi) is 6.88. The second-order valence-corrected chi connectivity index (χ2v) is 9.14. The maximum absolute atomic E-state index is 13.2. The van der Waals surface area contributed by atoms with Crippen LogP contribution in [0.25, 0.3) is 5.76 Å². The van der Waals surface area contributed by atoms with Crippen LogP contribution >= 0.6 is 0 Å². The van der Waals surface area contributed by atoms with Crippen molar-refractivity contribution in [3.05, 3.63) is 57.9 Å². The number of aromatic nitrogens is 2. The van der Waals surface area contributed by atoms with Crippen LogP contribution in [-0.4, -0.2) is 63.6 Å². The third kappa shape index (κ3) is 4.35. The molecule has 1 aliphatic heterocycles. The van der Waals surface area contributed by atoms with Gasteiger partial charge in [-0.25, -0.2) is 0 Å². The summed E-state index contributed by atoms with van der Waals surface area (Å²) in [7, 11) is 5.75. The Hall–Kier alpha value is -2.93. The van der Waals surface area contributed by atoms with Gasteiger partial charge in [0.1, 0.15) is 5.76 Å². The van der Waals surface area contributed by atoms with Gasteiger partial charge in [-0.3, -0.25) is 14.3 Å². The van der Waals surface area contributed by atoms with Gasteiger partial charge in [0.15, 0.2) is 0 Å². The van der Waals surface area contributed by atoms with Crippen LogP contribution in [0.3, 0.4) is 0 Å². The summed E-state index contributed by atoms with van der Waals surface area (Å²) >= 11 is 0. The summed E-state index contributed by atoms with van der Waals surface area (Å²) in [4.78, 5) is 29.9. The Bertz CT molecular complexity index is 1050. The van der Waals surface area contributed by atoms with Crippen LogP contribution in [0.2, 0.25) is 0 Å². The van der Waals surface area contributed by atoms with E-state index in [9.17, 15) is 14.7 Å². The number of amides is 1. The molecule has 2 aromatic rings. The Balaban J connectivity index is 2.14. The van der Waals surface area contributed by atoms with E-state index in [1.54, 1.807) is 23.6 Å². The van der Waals surface area contributed by atoms with Crippen LogP contribution in [-0.2, 0) is 16.6 Å². The molecule has 2 heterocycles. The largest absolute Gasteiger partial charge is 0.507 e. The zero-order valence-electron chi connectivity index (χ0n) is 20.1. The van der Waals surface area contributed by atoms with E-state index in [4.69, 9.17) is 0 Å². The number of aryl methyl sites for hydroxylation is 2. The SMILES string of the molecule is Cc1nn(C)c(C)c1C(O)=C1C(=O)C(=O)N(CCCN(C)C)[C@@H]1c1ccc(C(C)C)cc1. The number of carbonyl (C=O) groups is 2. The van der Waals surface area contributed by atoms with Crippen molar-refractivity contribution >= 4 is 17.4 Å². The van der Waals surface area contributed by atoms with E-state index >= 15 is 0 Å². The van der Waals surface area contributed by atoms with E-state index in [2.05, 4.69) is 18.9 Å². The zero-order valence-corrected chi connectivity index (χ0v) is 20.1. The lowest BCUT2D eigenvalue weighted by atomic mass is 9.93. The van der Waals surface area contributed by atoms with Gasteiger partial charge >= 0.3 is 0 Å². The summed E-state index contributed by atoms with van der Waals surface area (Å²) in [5.74, 6) is -0.994. The zero-order chi connectivity index (χ0) is 23.7. The average molecular weight is 439 g/mol. The summed E-state index contributed by atoms with van der Waals surface area (Å²) in [5.41, 5.74) is 4.01. The maximum Gasteiger partial charge on any atom is 0.295 e. The highest BCUT2D eigenvalue weighted by atomic mass is 16.3. The minimum absolute atomic E-state index is 0.136. The molecule has 0 unspecified atom stereocenters. The number of rotatable bonds is 7. The Morgan fingerprint density at radius 1 is 1.16 bits per heavy atom. The first-order valence-corrected chi connectivity index (χ1v) is 11.1. The molecule has 1 saturated heterocycles. The molecule has 172 valence electrons. The number of aliphatic hydroxyl groups excluding tert-OH is 1. The predicted molar refractivity (Wildman–Crippen MR) is 125 cm³/mol. The molecular formula is C25H34N4O3. The van der Waals surface area contributed by atoms with Gasteiger partial charge < -0.3 is 14.9 Å². The van der Waals surface area contributed by atoms with Crippen molar-refractivity contribution in [3.8, 4) is 0 Å². The maximum atomic E-state index is 13.2. The summed E-state index contributed by atoms with van der Waals surface area (Å²) in [6.45, 7) is 9.10. The first kappa shape index (κ1) is 23.7. The molecule has 0 bridgehead atoms. The highest BCUT2D eigenvalue weighted by molar-refractivity contribution is 6.46. The summed E-state index contributed by atoms with van der Waals surface area (Å²) in [6, 6.07) is 7.35. The average Bonchev–Trinajstić information content (AvgIpc) is 3.13. The van der Waals surface area contributed by atoms with E-state index in [0.717, 1.165) is 24.2 Å². The van der Waals surface area contributed by atoms with Crippen LogP contribution < -0.4 is 0 Å². The fraction of sp³-hybridized carbons (Fsp3) is 0.480. The predicted octanol–water partition coefficient (Wildman–Crippen LogP) is 3.53. The molecule has 1 aromatic carbocycles. The first-order chi connectivity index (χ1) is 15.0. The molecule has 3 rings (SSSR count). The molecule has 0 spiro atoms. The van der Waals surface area contributed by atoms with E-state index in [0.29, 0.717) is 23.7 Å². The lowest BCUT2D eigenvalue weighted by Crippen LogP contribution is -2.32. The molecular weight excluding hydrogens is 404 g/mol. The molecule has 1 amide bonds. The highest BCUT2D eigenvalue weighted by Gasteiger charge is 2.46. The number of likely N-dealkylation sites (tertiary alicyclic amines) is 1. The van der Waals surface area contributed by atoms with Gasteiger partial charge in [0.25, 0.3) is 11.7 Å². The van der Waals surface area contributed by atoms with Gasteiger partial charge in [0, 0.05) is 19.3 Å². The first-order valence-electron chi connectivity index (χ1n) is 11.1.